The fraction of sp³-hybridized carbons (Fsp3) is 0.300. The first-order valence-corrected chi connectivity index (χ1v) is 10.3. The molecule has 2 aromatic rings. The molecular formula is C20H20ClN3O4S. The minimum Gasteiger partial charge on any atom is -0.478 e. The van der Waals surface area contributed by atoms with E-state index in [4.69, 9.17) is 16.3 Å². The largest absolute Gasteiger partial charge is 0.478 e. The van der Waals surface area contributed by atoms with Crippen LogP contribution in [0.2, 0.25) is 5.02 Å². The summed E-state index contributed by atoms with van der Waals surface area (Å²) in [6.45, 7) is 4.42. The lowest BCUT2D eigenvalue weighted by atomic mass is 10.1. The Labute approximate surface area is 177 Å². The van der Waals surface area contributed by atoms with Gasteiger partial charge in [-0.05, 0) is 43.7 Å². The van der Waals surface area contributed by atoms with Gasteiger partial charge in [0.1, 0.15) is 5.75 Å². The number of carbonyl (C=O) groups is 1. The first-order chi connectivity index (χ1) is 13.8. The van der Waals surface area contributed by atoms with Crippen molar-refractivity contribution in [3.8, 4) is 5.75 Å². The van der Waals surface area contributed by atoms with Crippen LogP contribution in [0, 0.1) is 10.1 Å². The third kappa shape index (κ3) is 5.27. The van der Waals surface area contributed by atoms with Gasteiger partial charge in [-0.3, -0.25) is 24.8 Å². The molecule has 0 saturated carbocycles. The lowest BCUT2D eigenvalue weighted by molar-refractivity contribution is -0.384. The Morgan fingerprint density at radius 3 is 2.72 bits per heavy atom. The maximum atomic E-state index is 13.1. The molecular weight excluding hydrogens is 414 g/mol. The van der Waals surface area contributed by atoms with Crippen LogP contribution in [0.5, 0.6) is 5.75 Å². The summed E-state index contributed by atoms with van der Waals surface area (Å²) < 4.78 is 5.90. The molecule has 0 radical (unpaired) electrons. The quantitative estimate of drug-likeness (QED) is 0.493. The summed E-state index contributed by atoms with van der Waals surface area (Å²) in [6, 6.07) is 13.3. The molecule has 9 heteroatoms. The standard InChI is InChI=1S/C20H20ClN3O4S/c1-20(2,28-17-8-6-15(21)7-9-17)18(25)23-11-10-22-19(23)29-13-14-4-3-5-16(12-14)24(26)27/h3-9,12H,10-11,13H2,1-2H3. The molecule has 0 fully saturated rings. The van der Waals surface area contributed by atoms with Gasteiger partial charge in [-0.2, -0.15) is 0 Å². The number of aliphatic imine (C=N–C) groups is 1. The molecule has 0 bridgehead atoms. The highest BCUT2D eigenvalue weighted by molar-refractivity contribution is 8.13. The maximum absolute atomic E-state index is 13.1. The highest BCUT2D eigenvalue weighted by atomic mass is 35.5. The van der Waals surface area contributed by atoms with Crippen LogP contribution in [0.4, 0.5) is 5.69 Å². The fourth-order valence-electron chi connectivity index (χ4n) is 2.81. The highest BCUT2D eigenvalue weighted by Crippen LogP contribution is 2.27. The molecule has 3 rings (SSSR count). The Morgan fingerprint density at radius 2 is 2.03 bits per heavy atom. The van der Waals surface area contributed by atoms with E-state index in [1.54, 1.807) is 49.1 Å². The van der Waals surface area contributed by atoms with Gasteiger partial charge < -0.3 is 4.74 Å². The molecule has 0 aliphatic carbocycles. The van der Waals surface area contributed by atoms with Crippen LogP contribution in [-0.4, -0.2) is 39.6 Å². The zero-order valence-electron chi connectivity index (χ0n) is 16.0. The lowest BCUT2D eigenvalue weighted by Crippen LogP contribution is -2.49. The van der Waals surface area contributed by atoms with Crippen molar-refractivity contribution in [2.24, 2.45) is 4.99 Å². The Hall–Kier alpha value is -2.58. The number of carbonyl (C=O) groups excluding carboxylic acids is 1. The van der Waals surface area contributed by atoms with Gasteiger partial charge in [-0.1, -0.05) is 35.5 Å². The molecule has 0 N–H and O–H groups in total. The molecule has 2 aromatic carbocycles. The summed E-state index contributed by atoms with van der Waals surface area (Å²) in [5, 5.41) is 12.1. The number of nitro benzene ring substituents is 1. The van der Waals surface area contributed by atoms with E-state index < -0.39 is 10.5 Å². The summed E-state index contributed by atoms with van der Waals surface area (Å²) in [6.07, 6.45) is 0. The zero-order valence-corrected chi connectivity index (χ0v) is 17.6. The topological polar surface area (TPSA) is 85.0 Å². The molecule has 152 valence electrons. The second kappa shape index (κ2) is 8.84. The van der Waals surface area contributed by atoms with Crippen LogP contribution in [0.1, 0.15) is 19.4 Å². The first kappa shape index (κ1) is 21.1. The number of ether oxygens (including phenoxy) is 1. The zero-order chi connectivity index (χ0) is 21.0. The van der Waals surface area contributed by atoms with Crippen molar-refractivity contribution in [1.82, 2.24) is 4.90 Å². The van der Waals surface area contributed by atoms with Crippen molar-refractivity contribution in [1.29, 1.82) is 0 Å². The molecule has 1 aliphatic heterocycles. The van der Waals surface area contributed by atoms with Gasteiger partial charge in [0, 0.05) is 29.5 Å². The van der Waals surface area contributed by atoms with Gasteiger partial charge in [0.05, 0.1) is 11.5 Å². The predicted molar refractivity (Wildman–Crippen MR) is 115 cm³/mol. The molecule has 7 nitrogen and oxygen atoms in total. The van der Waals surface area contributed by atoms with Crippen LogP contribution < -0.4 is 4.74 Å². The van der Waals surface area contributed by atoms with Crippen molar-refractivity contribution in [3.05, 3.63) is 69.2 Å². The van der Waals surface area contributed by atoms with E-state index in [-0.39, 0.29) is 11.6 Å². The number of amides is 1. The van der Waals surface area contributed by atoms with Crippen LogP contribution in [-0.2, 0) is 10.5 Å². The molecule has 0 unspecified atom stereocenters. The number of halogens is 1. The first-order valence-electron chi connectivity index (χ1n) is 8.93. The van der Waals surface area contributed by atoms with Crippen LogP contribution in [0.3, 0.4) is 0 Å². The molecule has 0 atom stereocenters. The summed E-state index contributed by atoms with van der Waals surface area (Å²) in [5.41, 5.74) is -0.254. The molecule has 1 heterocycles. The second-order valence-electron chi connectivity index (χ2n) is 6.90. The van der Waals surface area contributed by atoms with Crippen LogP contribution >= 0.6 is 23.4 Å². The number of benzene rings is 2. The number of non-ortho nitro benzene ring substituents is 1. The van der Waals surface area contributed by atoms with E-state index in [9.17, 15) is 14.9 Å². The molecule has 0 saturated heterocycles. The van der Waals surface area contributed by atoms with Gasteiger partial charge in [0.25, 0.3) is 11.6 Å². The Bertz CT molecular complexity index is 947. The van der Waals surface area contributed by atoms with Gasteiger partial charge >= 0.3 is 0 Å². The molecule has 0 spiro atoms. The van der Waals surface area contributed by atoms with E-state index >= 15 is 0 Å². The van der Waals surface area contributed by atoms with E-state index in [0.717, 1.165) is 5.56 Å². The summed E-state index contributed by atoms with van der Waals surface area (Å²) in [5.74, 6) is 0.827. The van der Waals surface area contributed by atoms with Crippen molar-refractivity contribution in [2.45, 2.75) is 25.2 Å². The number of rotatable bonds is 6. The normalized spacial score (nSPS) is 13.9. The molecule has 0 aromatic heterocycles. The van der Waals surface area contributed by atoms with Gasteiger partial charge in [0.15, 0.2) is 10.8 Å². The number of nitro groups is 1. The van der Waals surface area contributed by atoms with E-state index in [0.29, 0.717) is 34.8 Å². The SMILES string of the molecule is CC(C)(Oc1ccc(Cl)cc1)C(=O)N1CCN=C1SCc1cccc([N+](=O)[O-])c1. The average Bonchev–Trinajstić information content (AvgIpc) is 3.16. The van der Waals surface area contributed by atoms with E-state index in [1.807, 2.05) is 6.07 Å². The summed E-state index contributed by atoms with van der Waals surface area (Å²) in [4.78, 5) is 29.6. The number of nitrogens with zero attached hydrogens (tertiary/aromatic N) is 3. The highest BCUT2D eigenvalue weighted by Gasteiger charge is 2.38. The monoisotopic (exact) mass is 433 g/mol. The van der Waals surface area contributed by atoms with Crippen molar-refractivity contribution in [2.75, 3.05) is 13.1 Å². The van der Waals surface area contributed by atoms with Crippen molar-refractivity contribution >= 4 is 40.1 Å². The number of hydrogen-bond acceptors (Lipinski definition) is 6. The molecule has 1 amide bonds. The van der Waals surface area contributed by atoms with Gasteiger partial charge in [0.2, 0.25) is 0 Å². The van der Waals surface area contributed by atoms with E-state index in [2.05, 4.69) is 4.99 Å². The smallest absolute Gasteiger partial charge is 0.272 e. The summed E-state index contributed by atoms with van der Waals surface area (Å²) in [7, 11) is 0. The minimum atomic E-state index is -1.09. The second-order valence-corrected chi connectivity index (χ2v) is 8.28. The van der Waals surface area contributed by atoms with Crippen molar-refractivity contribution in [3.63, 3.8) is 0 Å². The molecule has 1 aliphatic rings. The van der Waals surface area contributed by atoms with Gasteiger partial charge in [-0.15, -0.1) is 0 Å². The number of amidine groups is 1. The third-order valence-electron chi connectivity index (χ3n) is 4.24. The Kier molecular flexibility index (Phi) is 6.44. The lowest BCUT2D eigenvalue weighted by Gasteiger charge is -2.30. The Balaban J connectivity index is 1.66. The summed E-state index contributed by atoms with van der Waals surface area (Å²) >= 11 is 7.27. The minimum absolute atomic E-state index is 0.0434. The number of hydrogen-bond donors (Lipinski definition) is 0. The third-order valence-corrected chi connectivity index (χ3v) is 5.58. The Morgan fingerprint density at radius 1 is 1.31 bits per heavy atom. The van der Waals surface area contributed by atoms with E-state index in [1.165, 1.54) is 23.9 Å². The van der Waals surface area contributed by atoms with Crippen LogP contribution in [0.25, 0.3) is 0 Å². The predicted octanol–water partition coefficient (Wildman–Crippen LogP) is 4.54. The van der Waals surface area contributed by atoms with Gasteiger partial charge in [-0.25, -0.2) is 0 Å². The average molecular weight is 434 g/mol. The maximum Gasteiger partial charge on any atom is 0.272 e. The fourth-order valence-corrected chi connectivity index (χ4v) is 3.93. The number of thioether (sulfide) groups is 1. The molecule has 29 heavy (non-hydrogen) atoms. The van der Waals surface area contributed by atoms with Crippen LogP contribution in [0.15, 0.2) is 53.5 Å². The van der Waals surface area contributed by atoms with Crippen molar-refractivity contribution < 1.29 is 14.5 Å².